The number of hydrogen-bond donors (Lipinski definition) is 2. The summed E-state index contributed by atoms with van der Waals surface area (Å²) in [6, 6.07) is 12.5. The van der Waals surface area contributed by atoms with E-state index < -0.39 is 23.4 Å². The number of rotatable bonds is 4. The third kappa shape index (κ3) is 4.15. The highest BCUT2D eigenvalue weighted by Gasteiger charge is 2.29. The number of carbonyl (C=O) groups excluding carboxylic acids is 4. The minimum absolute atomic E-state index is 0.0833. The van der Waals surface area contributed by atoms with Crippen molar-refractivity contribution in [2.45, 2.75) is 45.1 Å². The van der Waals surface area contributed by atoms with Gasteiger partial charge in [-0.25, -0.2) is 14.8 Å². The van der Waals surface area contributed by atoms with Crippen molar-refractivity contribution in [3.05, 3.63) is 71.2 Å². The Morgan fingerprint density at radius 1 is 0.974 bits per heavy atom. The normalized spacial score (nSPS) is 15.9. The molecule has 3 aromatic heterocycles. The molecule has 9 nitrogen and oxygen atoms in total. The maximum absolute atomic E-state index is 13.2. The number of nitrogens with one attached hydrogen (secondary N) is 2. The lowest BCUT2D eigenvalue weighted by molar-refractivity contribution is -0.118. The van der Waals surface area contributed by atoms with Crippen LogP contribution in [-0.4, -0.2) is 44.5 Å². The van der Waals surface area contributed by atoms with E-state index in [1.165, 1.54) is 13.0 Å². The van der Waals surface area contributed by atoms with Gasteiger partial charge in [-0.05, 0) is 49.9 Å². The molecule has 1 amide bonds. The predicted octanol–water partition coefficient (Wildman–Crippen LogP) is 4.67. The van der Waals surface area contributed by atoms with Gasteiger partial charge < -0.3 is 15.0 Å². The van der Waals surface area contributed by atoms with E-state index in [-0.39, 0.29) is 28.8 Å². The fourth-order valence-electron chi connectivity index (χ4n) is 5.18. The van der Waals surface area contributed by atoms with Gasteiger partial charge in [-0.2, -0.15) is 0 Å². The molecule has 2 N–H and O–H groups in total. The number of fused-ring (bicyclic) bond motifs is 4. The maximum Gasteiger partial charge on any atom is 0.357 e. The Morgan fingerprint density at radius 2 is 1.76 bits per heavy atom. The second-order valence-electron chi connectivity index (χ2n) is 9.64. The number of esters is 1. The number of aromatic nitrogens is 3. The molecule has 3 heterocycles. The molecule has 0 atom stereocenters. The smallest absolute Gasteiger partial charge is 0.357 e. The Kier molecular flexibility index (Phi) is 5.83. The number of benzene rings is 1. The summed E-state index contributed by atoms with van der Waals surface area (Å²) in [5.41, 5.74) is 2.21. The summed E-state index contributed by atoms with van der Waals surface area (Å²) in [6.07, 6.45) is 5.83. The van der Waals surface area contributed by atoms with Crippen LogP contribution in [0.2, 0.25) is 0 Å². The summed E-state index contributed by atoms with van der Waals surface area (Å²) in [5, 5.41) is 4.07. The van der Waals surface area contributed by atoms with E-state index in [0.717, 1.165) is 54.5 Å². The van der Waals surface area contributed by atoms with E-state index in [2.05, 4.69) is 20.3 Å². The summed E-state index contributed by atoms with van der Waals surface area (Å²) < 4.78 is 5.80. The summed E-state index contributed by atoms with van der Waals surface area (Å²) in [6.45, 7) is 1.26. The van der Waals surface area contributed by atoms with Gasteiger partial charge in [0.25, 0.3) is 0 Å². The molecule has 2 aliphatic rings. The minimum atomic E-state index is -0.572. The molecule has 1 fully saturated rings. The van der Waals surface area contributed by atoms with Gasteiger partial charge in [-0.3, -0.25) is 14.4 Å². The minimum Gasteiger partial charge on any atom is -0.458 e. The second kappa shape index (κ2) is 9.33. The third-order valence-electron chi connectivity index (χ3n) is 6.98. The Morgan fingerprint density at radius 3 is 2.55 bits per heavy atom. The molecule has 0 unspecified atom stereocenters. The van der Waals surface area contributed by atoms with Crippen LogP contribution in [0.1, 0.15) is 70.4 Å². The molecule has 0 aliphatic heterocycles. The first-order valence-corrected chi connectivity index (χ1v) is 12.6. The molecule has 0 saturated heterocycles. The van der Waals surface area contributed by atoms with Crippen molar-refractivity contribution in [2.24, 2.45) is 0 Å². The number of H-pyrrole nitrogens is 1. The summed E-state index contributed by atoms with van der Waals surface area (Å²) in [5.74, 6) is -1.98. The Labute approximate surface area is 217 Å². The number of aromatic amines is 1. The van der Waals surface area contributed by atoms with Gasteiger partial charge in [0.15, 0.2) is 5.78 Å². The van der Waals surface area contributed by atoms with E-state index in [4.69, 9.17) is 4.74 Å². The molecule has 1 aromatic carbocycles. The predicted molar refractivity (Wildman–Crippen MR) is 140 cm³/mol. The van der Waals surface area contributed by atoms with Crippen molar-refractivity contribution >= 4 is 45.2 Å². The first-order valence-electron chi connectivity index (χ1n) is 12.6. The average molecular weight is 509 g/mol. The largest absolute Gasteiger partial charge is 0.458 e. The molecular weight excluding hydrogens is 484 g/mol. The molecule has 0 spiro atoms. The Hall–Kier alpha value is -4.66. The summed E-state index contributed by atoms with van der Waals surface area (Å²) >= 11 is 0. The number of amides is 1. The van der Waals surface area contributed by atoms with Crippen LogP contribution in [-0.2, 0) is 9.53 Å². The molecule has 6 rings (SSSR count). The topological polar surface area (TPSA) is 131 Å². The van der Waals surface area contributed by atoms with Crippen LogP contribution in [0, 0.1) is 0 Å². The van der Waals surface area contributed by atoms with Crippen molar-refractivity contribution in [1.29, 1.82) is 0 Å². The first kappa shape index (κ1) is 23.7. The average Bonchev–Trinajstić information content (AvgIpc) is 3.30. The molecule has 1 saturated carbocycles. The highest BCUT2D eigenvalue weighted by molar-refractivity contribution is 6.24. The first-order chi connectivity index (χ1) is 18.4. The molecule has 9 heteroatoms. The van der Waals surface area contributed by atoms with Crippen LogP contribution in [0.5, 0.6) is 0 Å². The van der Waals surface area contributed by atoms with Crippen molar-refractivity contribution in [1.82, 2.24) is 20.3 Å². The van der Waals surface area contributed by atoms with Crippen LogP contribution in [0.25, 0.3) is 33.2 Å². The van der Waals surface area contributed by atoms with E-state index in [9.17, 15) is 19.2 Å². The zero-order valence-electron chi connectivity index (χ0n) is 20.7. The van der Waals surface area contributed by atoms with Crippen molar-refractivity contribution in [3.8, 4) is 11.4 Å². The zero-order valence-corrected chi connectivity index (χ0v) is 20.7. The number of Topliss-reactive ketones (excluding diaryl/α,β-unsaturated/α-hetero) is 1. The van der Waals surface area contributed by atoms with Gasteiger partial charge >= 0.3 is 5.97 Å². The van der Waals surface area contributed by atoms with Gasteiger partial charge in [0.2, 0.25) is 11.7 Å². The highest BCUT2D eigenvalue weighted by atomic mass is 16.5. The standard InChI is InChI=1S/C29H24N4O5/c1-15(34)30-22-14-24(35)18-11-12-21(32-26(18)28(22)36)27-25-19(17-9-5-6-10-20(17)31-25)13-23(33-27)29(37)38-16-7-3-2-4-8-16/h5-6,9-14,16,31H,2-4,7-8H2,1H3,(H,30,34). The van der Waals surface area contributed by atoms with Crippen LogP contribution < -0.4 is 5.32 Å². The van der Waals surface area contributed by atoms with E-state index in [1.807, 2.05) is 24.3 Å². The molecule has 38 heavy (non-hydrogen) atoms. The molecule has 0 radical (unpaired) electrons. The number of nitrogens with zero attached hydrogens (tertiary/aromatic N) is 2. The van der Waals surface area contributed by atoms with Crippen molar-refractivity contribution in [3.63, 3.8) is 0 Å². The molecule has 0 bridgehead atoms. The number of ether oxygens (including phenoxy) is 1. The summed E-state index contributed by atoms with van der Waals surface area (Å²) in [7, 11) is 0. The number of pyridine rings is 2. The van der Waals surface area contributed by atoms with Crippen LogP contribution in [0.3, 0.4) is 0 Å². The zero-order chi connectivity index (χ0) is 26.4. The van der Waals surface area contributed by atoms with Gasteiger partial charge in [0, 0.05) is 29.3 Å². The van der Waals surface area contributed by atoms with Crippen LogP contribution >= 0.6 is 0 Å². The van der Waals surface area contributed by atoms with E-state index >= 15 is 0 Å². The van der Waals surface area contributed by atoms with Crippen molar-refractivity contribution < 1.29 is 23.9 Å². The third-order valence-corrected chi connectivity index (χ3v) is 6.98. The second-order valence-corrected chi connectivity index (χ2v) is 9.64. The SMILES string of the molecule is CC(=O)NC1=CC(=O)c2ccc(-c3nc(C(=O)OC4CCCCC4)cc4c3[nH]c3ccccc34)nc2C1=O. The fraction of sp³-hybridized carbons (Fsp3) is 0.241. The molecular formula is C29H24N4O5. The van der Waals surface area contributed by atoms with Crippen LogP contribution in [0.4, 0.5) is 0 Å². The van der Waals surface area contributed by atoms with E-state index in [1.54, 1.807) is 12.1 Å². The number of carbonyl (C=O) groups is 4. The Bertz CT molecular complexity index is 1690. The molecule has 190 valence electrons. The number of hydrogen-bond acceptors (Lipinski definition) is 7. The van der Waals surface area contributed by atoms with Crippen molar-refractivity contribution in [2.75, 3.05) is 0 Å². The number of allylic oxidation sites excluding steroid dienone is 2. The highest BCUT2D eigenvalue weighted by Crippen LogP contribution is 2.33. The molecule has 4 aromatic rings. The molecule has 2 aliphatic carbocycles. The lowest BCUT2D eigenvalue weighted by atomic mass is 9.96. The number of ketones is 2. The maximum atomic E-state index is 13.2. The van der Waals surface area contributed by atoms with Crippen LogP contribution in [0.15, 0.2) is 54.2 Å². The lowest BCUT2D eigenvalue weighted by Gasteiger charge is -2.21. The lowest BCUT2D eigenvalue weighted by Crippen LogP contribution is -2.30. The number of para-hydroxylation sites is 1. The Balaban J connectivity index is 1.49. The van der Waals surface area contributed by atoms with E-state index in [0.29, 0.717) is 16.9 Å². The van der Waals surface area contributed by atoms with Gasteiger partial charge in [0.1, 0.15) is 23.2 Å². The van der Waals surface area contributed by atoms with Gasteiger partial charge in [0.05, 0.1) is 22.5 Å². The summed E-state index contributed by atoms with van der Waals surface area (Å²) in [4.78, 5) is 63.0. The van der Waals surface area contributed by atoms with Gasteiger partial charge in [-0.15, -0.1) is 0 Å². The monoisotopic (exact) mass is 508 g/mol. The fourth-order valence-corrected chi connectivity index (χ4v) is 5.18. The van der Waals surface area contributed by atoms with Gasteiger partial charge in [-0.1, -0.05) is 24.6 Å². The quantitative estimate of drug-likeness (QED) is 0.383.